The number of halogens is 2. The van der Waals surface area contributed by atoms with Crippen LogP contribution in [0.15, 0.2) is 41.8 Å². The molecule has 26 heavy (non-hydrogen) atoms. The monoisotopic (exact) mass is 380 g/mol. The van der Waals surface area contributed by atoms with E-state index in [9.17, 15) is 18.4 Å². The average molecular weight is 380 g/mol. The maximum absolute atomic E-state index is 12.4. The second-order valence-corrected chi connectivity index (χ2v) is 6.88. The van der Waals surface area contributed by atoms with Gasteiger partial charge in [0.05, 0.1) is 4.88 Å². The molecule has 0 radical (unpaired) electrons. The summed E-state index contributed by atoms with van der Waals surface area (Å²) in [6.07, 6.45) is 1.19. The van der Waals surface area contributed by atoms with Gasteiger partial charge in [0.2, 0.25) is 5.91 Å². The van der Waals surface area contributed by atoms with E-state index in [2.05, 4.69) is 10.1 Å². The van der Waals surface area contributed by atoms with E-state index < -0.39 is 6.61 Å². The van der Waals surface area contributed by atoms with Gasteiger partial charge in [0.25, 0.3) is 5.91 Å². The molecule has 5 nitrogen and oxygen atoms in total. The van der Waals surface area contributed by atoms with Crippen LogP contribution < -0.4 is 10.1 Å². The molecule has 8 heteroatoms. The van der Waals surface area contributed by atoms with Crippen LogP contribution in [0.1, 0.15) is 22.5 Å². The first-order chi connectivity index (χ1) is 12.5. The van der Waals surface area contributed by atoms with Crippen molar-refractivity contribution in [3.05, 3.63) is 46.7 Å². The number of nitrogens with one attached hydrogen (secondary N) is 1. The Kier molecular flexibility index (Phi) is 5.82. The number of anilines is 1. The molecule has 2 heterocycles. The minimum absolute atomic E-state index is 0.00785. The molecule has 3 rings (SSSR count). The first-order valence-electron chi connectivity index (χ1n) is 8.21. The second-order valence-electron chi connectivity index (χ2n) is 5.94. The molecule has 1 saturated heterocycles. The summed E-state index contributed by atoms with van der Waals surface area (Å²) in [6, 6.07) is 9.44. The minimum Gasteiger partial charge on any atom is -0.435 e. The number of ether oxygens (including phenoxy) is 1. The van der Waals surface area contributed by atoms with Crippen LogP contribution in [0, 0.1) is 5.92 Å². The molecule has 1 aliphatic heterocycles. The van der Waals surface area contributed by atoms with Crippen molar-refractivity contribution in [2.24, 2.45) is 5.92 Å². The third-order valence-corrected chi connectivity index (χ3v) is 5.09. The fourth-order valence-electron chi connectivity index (χ4n) is 2.86. The highest BCUT2D eigenvalue weighted by molar-refractivity contribution is 7.12. The summed E-state index contributed by atoms with van der Waals surface area (Å²) < 4.78 is 28.5. The number of hydrogen-bond acceptors (Lipinski definition) is 4. The Morgan fingerprint density at radius 3 is 2.42 bits per heavy atom. The summed E-state index contributed by atoms with van der Waals surface area (Å²) in [7, 11) is 0. The van der Waals surface area contributed by atoms with Crippen molar-refractivity contribution in [2.75, 3.05) is 18.4 Å². The van der Waals surface area contributed by atoms with Gasteiger partial charge in [0.15, 0.2) is 0 Å². The number of carbonyl (C=O) groups is 2. The lowest BCUT2D eigenvalue weighted by Gasteiger charge is -2.31. The number of amides is 2. The number of carbonyl (C=O) groups excluding carboxylic acids is 2. The molecule has 0 atom stereocenters. The molecular weight excluding hydrogens is 362 g/mol. The molecule has 1 aliphatic rings. The molecular formula is C18H18F2N2O3S. The fourth-order valence-corrected chi connectivity index (χ4v) is 3.56. The number of benzene rings is 1. The Bertz CT molecular complexity index is 742. The predicted molar refractivity (Wildman–Crippen MR) is 94.7 cm³/mol. The summed E-state index contributed by atoms with van der Waals surface area (Å²) in [5.41, 5.74) is 0.522. The molecule has 1 N–H and O–H groups in total. The van der Waals surface area contributed by atoms with Gasteiger partial charge in [0.1, 0.15) is 5.75 Å². The van der Waals surface area contributed by atoms with E-state index in [1.54, 1.807) is 11.0 Å². The fraction of sp³-hybridized carbons (Fsp3) is 0.333. The number of alkyl halides is 2. The second kappa shape index (κ2) is 8.27. The van der Waals surface area contributed by atoms with Gasteiger partial charge in [-0.15, -0.1) is 11.3 Å². The maximum atomic E-state index is 12.4. The highest BCUT2D eigenvalue weighted by atomic mass is 32.1. The van der Waals surface area contributed by atoms with Crippen molar-refractivity contribution in [1.82, 2.24) is 4.90 Å². The van der Waals surface area contributed by atoms with Crippen molar-refractivity contribution in [3.63, 3.8) is 0 Å². The largest absolute Gasteiger partial charge is 0.435 e. The molecule has 0 aliphatic carbocycles. The molecule has 1 aromatic carbocycles. The van der Waals surface area contributed by atoms with Gasteiger partial charge < -0.3 is 15.0 Å². The van der Waals surface area contributed by atoms with Gasteiger partial charge in [-0.25, -0.2) is 0 Å². The summed E-state index contributed by atoms with van der Waals surface area (Å²) >= 11 is 1.41. The van der Waals surface area contributed by atoms with Crippen molar-refractivity contribution in [3.8, 4) is 5.75 Å². The van der Waals surface area contributed by atoms with Crippen LogP contribution in [-0.4, -0.2) is 36.4 Å². The first kappa shape index (κ1) is 18.3. The zero-order valence-corrected chi connectivity index (χ0v) is 14.7. The van der Waals surface area contributed by atoms with Crippen molar-refractivity contribution < 1.29 is 23.1 Å². The van der Waals surface area contributed by atoms with E-state index in [1.807, 2.05) is 11.4 Å². The van der Waals surface area contributed by atoms with Crippen molar-refractivity contribution in [2.45, 2.75) is 19.5 Å². The van der Waals surface area contributed by atoms with E-state index in [-0.39, 0.29) is 23.5 Å². The third kappa shape index (κ3) is 4.57. The zero-order valence-electron chi connectivity index (χ0n) is 13.9. The first-order valence-corrected chi connectivity index (χ1v) is 9.09. The smallest absolute Gasteiger partial charge is 0.387 e. The Labute approximate surface area is 153 Å². The lowest BCUT2D eigenvalue weighted by molar-refractivity contribution is -0.121. The highest BCUT2D eigenvalue weighted by Crippen LogP contribution is 2.23. The molecule has 0 saturated carbocycles. The molecule has 0 unspecified atom stereocenters. The quantitative estimate of drug-likeness (QED) is 0.857. The Morgan fingerprint density at radius 1 is 1.15 bits per heavy atom. The van der Waals surface area contributed by atoms with Gasteiger partial charge >= 0.3 is 6.61 Å². The molecule has 1 fully saturated rings. The standard InChI is InChI=1S/C18H18F2N2O3S/c19-18(20)25-14-5-3-13(4-6-14)21-16(23)12-7-9-22(10-8-12)17(24)15-2-1-11-26-15/h1-6,11-12,18H,7-10H2,(H,21,23). The molecule has 138 valence electrons. The maximum Gasteiger partial charge on any atom is 0.387 e. The van der Waals surface area contributed by atoms with Gasteiger partial charge in [0, 0.05) is 24.7 Å². The lowest BCUT2D eigenvalue weighted by Crippen LogP contribution is -2.41. The van der Waals surface area contributed by atoms with Crippen LogP contribution in [0.3, 0.4) is 0 Å². The van der Waals surface area contributed by atoms with Gasteiger partial charge in [-0.05, 0) is 48.6 Å². The van der Waals surface area contributed by atoms with Crippen LogP contribution in [0.25, 0.3) is 0 Å². The minimum atomic E-state index is -2.88. The number of rotatable bonds is 5. The van der Waals surface area contributed by atoms with Crippen molar-refractivity contribution >= 4 is 28.8 Å². The van der Waals surface area contributed by atoms with Crippen LogP contribution >= 0.6 is 11.3 Å². The summed E-state index contributed by atoms with van der Waals surface area (Å²) in [4.78, 5) is 27.2. The molecule has 2 amide bonds. The number of piperidine rings is 1. The molecule has 0 bridgehead atoms. The summed E-state index contributed by atoms with van der Waals surface area (Å²) in [5.74, 6) is -0.262. The van der Waals surface area contributed by atoms with Gasteiger partial charge in [-0.1, -0.05) is 6.07 Å². The average Bonchev–Trinajstić information content (AvgIpc) is 3.17. The zero-order chi connectivity index (χ0) is 18.5. The van der Waals surface area contributed by atoms with E-state index in [0.29, 0.717) is 36.5 Å². The predicted octanol–water partition coefficient (Wildman–Crippen LogP) is 3.84. The SMILES string of the molecule is O=C(Nc1ccc(OC(F)F)cc1)C1CCN(C(=O)c2cccs2)CC1. The summed E-state index contributed by atoms with van der Waals surface area (Å²) in [6.45, 7) is -1.80. The van der Waals surface area contributed by atoms with E-state index in [4.69, 9.17) is 0 Å². The van der Waals surface area contributed by atoms with Crippen LogP contribution in [0.2, 0.25) is 0 Å². The molecule has 0 spiro atoms. The Morgan fingerprint density at radius 2 is 1.85 bits per heavy atom. The van der Waals surface area contributed by atoms with Gasteiger partial charge in [-0.2, -0.15) is 8.78 Å². The number of likely N-dealkylation sites (tertiary alicyclic amines) is 1. The van der Waals surface area contributed by atoms with E-state index in [0.717, 1.165) is 0 Å². The Balaban J connectivity index is 1.50. The highest BCUT2D eigenvalue weighted by Gasteiger charge is 2.28. The Hall–Kier alpha value is -2.48. The van der Waals surface area contributed by atoms with Crippen LogP contribution in [0.4, 0.5) is 14.5 Å². The van der Waals surface area contributed by atoms with Crippen molar-refractivity contribution in [1.29, 1.82) is 0 Å². The molecule has 2 aromatic rings. The number of nitrogens with zero attached hydrogens (tertiary/aromatic N) is 1. The lowest BCUT2D eigenvalue weighted by atomic mass is 9.95. The normalized spacial score (nSPS) is 15.1. The third-order valence-electron chi connectivity index (χ3n) is 4.23. The van der Waals surface area contributed by atoms with Crippen LogP contribution in [0.5, 0.6) is 5.75 Å². The van der Waals surface area contributed by atoms with Gasteiger partial charge in [-0.3, -0.25) is 9.59 Å². The van der Waals surface area contributed by atoms with Crippen LogP contribution in [-0.2, 0) is 4.79 Å². The topological polar surface area (TPSA) is 58.6 Å². The van der Waals surface area contributed by atoms with E-state index >= 15 is 0 Å². The number of hydrogen-bond donors (Lipinski definition) is 1. The summed E-state index contributed by atoms with van der Waals surface area (Å²) in [5, 5.41) is 4.65. The van der Waals surface area contributed by atoms with E-state index in [1.165, 1.54) is 35.6 Å². The molecule has 1 aromatic heterocycles. The number of thiophene rings is 1.